The highest BCUT2D eigenvalue weighted by Crippen LogP contribution is 2.40. The van der Waals surface area contributed by atoms with Gasteiger partial charge in [-0.3, -0.25) is 10.1 Å². The van der Waals surface area contributed by atoms with E-state index in [0.717, 1.165) is 6.07 Å². The highest BCUT2D eigenvalue weighted by Gasteiger charge is 2.28. The summed E-state index contributed by atoms with van der Waals surface area (Å²) in [6.45, 7) is -0.271. The van der Waals surface area contributed by atoms with Crippen molar-refractivity contribution in [2.24, 2.45) is 0 Å². The normalized spacial score (nSPS) is 11.4. The van der Waals surface area contributed by atoms with Gasteiger partial charge >= 0.3 is 12.3 Å². The monoisotopic (exact) mass is 501 g/mol. The van der Waals surface area contributed by atoms with Gasteiger partial charge in [-0.2, -0.15) is 18.2 Å². The van der Waals surface area contributed by atoms with E-state index in [1.54, 1.807) is 37.6 Å². The highest BCUT2D eigenvalue weighted by molar-refractivity contribution is 7.70. The number of hydrogen-bond donors (Lipinski definition) is 2. The molecular weight excluding hydrogens is 486 g/mol. The van der Waals surface area contributed by atoms with E-state index in [0.29, 0.717) is 17.1 Å². The van der Waals surface area contributed by atoms with E-state index in [1.807, 2.05) is 0 Å². The Kier molecular flexibility index (Phi) is 7.09. The van der Waals surface area contributed by atoms with Crippen LogP contribution in [-0.2, 0) is 4.57 Å². The molecule has 0 aliphatic heterocycles. The van der Waals surface area contributed by atoms with Crippen molar-refractivity contribution in [3.05, 3.63) is 63.5 Å². The lowest BCUT2D eigenvalue weighted by atomic mass is 10.2. The number of nitrogens with zero attached hydrogens (tertiary/aromatic N) is 3. The Bertz CT molecular complexity index is 1260. The summed E-state index contributed by atoms with van der Waals surface area (Å²) in [6, 6.07) is 8.46. The SMILES string of the molecule is CP(C)(=O)c1ccccc1Nc1nc(Nc2ccc(F)c([N+](=O)[O-])c2OC(F)F)ncc1Cl. The van der Waals surface area contributed by atoms with E-state index in [9.17, 15) is 27.9 Å². The van der Waals surface area contributed by atoms with Crippen LogP contribution in [0.3, 0.4) is 0 Å². The van der Waals surface area contributed by atoms with Gasteiger partial charge in [0, 0.05) is 5.30 Å². The number of nitro benzene ring substituents is 1. The minimum absolute atomic E-state index is 0.0722. The molecule has 0 spiro atoms. The van der Waals surface area contributed by atoms with Crippen molar-refractivity contribution in [3.8, 4) is 5.75 Å². The van der Waals surface area contributed by atoms with Crippen LogP contribution in [0.25, 0.3) is 0 Å². The first kappa shape index (κ1) is 24.3. The molecule has 2 N–H and O–H groups in total. The Morgan fingerprint density at radius 2 is 1.85 bits per heavy atom. The summed E-state index contributed by atoms with van der Waals surface area (Å²) in [5.41, 5.74) is -1.18. The maximum absolute atomic E-state index is 13.9. The molecule has 1 heterocycles. The van der Waals surface area contributed by atoms with Gasteiger partial charge in [-0.25, -0.2) is 4.98 Å². The summed E-state index contributed by atoms with van der Waals surface area (Å²) in [5.74, 6) is -2.52. The maximum Gasteiger partial charge on any atom is 0.387 e. The molecule has 0 radical (unpaired) electrons. The van der Waals surface area contributed by atoms with Gasteiger partial charge in [0.2, 0.25) is 17.5 Å². The van der Waals surface area contributed by atoms with E-state index in [1.165, 1.54) is 6.20 Å². The van der Waals surface area contributed by atoms with Gasteiger partial charge in [0.1, 0.15) is 12.2 Å². The zero-order chi connectivity index (χ0) is 24.3. The Morgan fingerprint density at radius 3 is 2.48 bits per heavy atom. The van der Waals surface area contributed by atoms with Crippen LogP contribution in [0.1, 0.15) is 0 Å². The van der Waals surface area contributed by atoms with E-state index >= 15 is 0 Å². The van der Waals surface area contributed by atoms with Crippen LogP contribution in [0.2, 0.25) is 5.02 Å². The van der Waals surface area contributed by atoms with Crippen molar-refractivity contribution in [2.75, 3.05) is 24.0 Å². The summed E-state index contributed by atoms with van der Waals surface area (Å²) in [6.07, 6.45) is 1.19. The van der Waals surface area contributed by atoms with Crippen LogP contribution < -0.4 is 20.7 Å². The lowest BCUT2D eigenvalue weighted by Crippen LogP contribution is -2.11. The minimum atomic E-state index is -3.45. The molecule has 3 aromatic rings. The second-order valence-corrected chi connectivity index (χ2v) is 10.5. The highest BCUT2D eigenvalue weighted by atomic mass is 35.5. The van der Waals surface area contributed by atoms with Crippen LogP contribution >= 0.6 is 18.7 Å². The van der Waals surface area contributed by atoms with Gasteiger partial charge in [-0.15, -0.1) is 0 Å². The molecule has 0 bridgehead atoms. The first-order valence-corrected chi connectivity index (χ1v) is 12.1. The molecule has 3 rings (SSSR count). The summed E-state index contributed by atoms with van der Waals surface area (Å²) in [5, 5.41) is 17.2. The predicted octanol–water partition coefficient (Wildman–Crippen LogP) is 5.51. The summed E-state index contributed by atoms with van der Waals surface area (Å²) < 4.78 is 56.3. The molecule has 0 fully saturated rings. The van der Waals surface area contributed by atoms with Crippen LogP contribution in [0.15, 0.2) is 42.6 Å². The molecule has 0 aliphatic carbocycles. The topological polar surface area (TPSA) is 119 Å². The fourth-order valence-corrected chi connectivity index (χ4v) is 4.13. The molecule has 0 saturated carbocycles. The number of hydrogen-bond acceptors (Lipinski definition) is 8. The zero-order valence-electron chi connectivity index (χ0n) is 17.1. The molecule has 33 heavy (non-hydrogen) atoms. The summed E-state index contributed by atoms with van der Waals surface area (Å²) in [7, 11) is -2.67. The van der Waals surface area contributed by atoms with Gasteiger partial charge in [-0.1, -0.05) is 23.7 Å². The Labute approximate surface area is 190 Å². The minimum Gasteiger partial charge on any atom is -0.425 e. The molecule has 0 saturated heterocycles. The Balaban J connectivity index is 2.00. The number of para-hydroxylation sites is 1. The van der Waals surface area contributed by atoms with Crippen LogP contribution in [-0.4, -0.2) is 34.8 Å². The van der Waals surface area contributed by atoms with E-state index in [-0.39, 0.29) is 22.5 Å². The van der Waals surface area contributed by atoms with Crippen LogP contribution in [0.5, 0.6) is 5.75 Å². The molecule has 14 heteroatoms. The van der Waals surface area contributed by atoms with E-state index < -0.39 is 35.9 Å². The summed E-state index contributed by atoms with van der Waals surface area (Å²) >= 11 is 6.16. The second kappa shape index (κ2) is 9.63. The average molecular weight is 502 g/mol. The summed E-state index contributed by atoms with van der Waals surface area (Å²) in [4.78, 5) is 18.0. The number of nitrogens with one attached hydrogen (secondary N) is 2. The largest absolute Gasteiger partial charge is 0.425 e. The quantitative estimate of drug-likeness (QED) is 0.235. The average Bonchev–Trinajstić information content (AvgIpc) is 2.71. The molecule has 174 valence electrons. The molecule has 9 nitrogen and oxygen atoms in total. The first-order valence-electron chi connectivity index (χ1n) is 9.10. The number of nitro groups is 1. The number of ether oxygens (including phenoxy) is 1. The molecule has 0 atom stereocenters. The third-order valence-corrected chi connectivity index (χ3v) is 6.03. The number of anilines is 4. The Hall–Kier alpha value is -3.37. The van der Waals surface area contributed by atoms with Crippen LogP contribution in [0.4, 0.5) is 42.0 Å². The van der Waals surface area contributed by atoms with Gasteiger partial charge in [0.05, 0.1) is 22.5 Å². The molecular formula is C19H16ClF3N5O4P. The number of benzene rings is 2. The van der Waals surface area contributed by atoms with E-state index in [2.05, 4.69) is 25.3 Å². The Morgan fingerprint density at radius 1 is 1.15 bits per heavy atom. The van der Waals surface area contributed by atoms with Gasteiger partial charge in [0.25, 0.3) is 0 Å². The second-order valence-electron chi connectivity index (χ2n) is 6.92. The van der Waals surface area contributed by atoms with Crippen molar-refractivity contribution >= 4 is 52.9 Å². The van der Waals surface area contributed by atoms with Crippen LogP contribution in [0, 0.1) is 15.9 Å². The third kappa shape index (κ3) is 5.71. The smallest absolute Gasteiger partial charge is 0.387 e. The third-order valence-electron chi connectivity index (χ3n) is 4.20. The number of rotatable bonds is 8. The first-order chi connectivity index (χ1) is 15.5. The number of aromatic nitrogens is 2. The number of halogens is 4. The molecule has 0 unspecified atom stereocenters. The van der Waals surface area contributed by atoms with E-state index in [4.69, 9.17) is 11.6 Å². The number of alkyl halides is 2. The lowest BCUT2D eigenvalue weighted by Gasteiger charge is -2.16. The standard InChI is InChI=1S/C19H16ClF3N5O4P/c1-33(2,31)14-6-4-3-5-12(14)25-17-10(20)9-24-19(27-17)26-13-8-7-11(21)15(28(29)30)16(13)32-18(22)23/h3-9,18H,1-2H3,(H2,24,25,26,27). The maximum atomic E-state index is 13.9. The van der Waals surface area contributed by atoms with Gasteiger partial charge in [0.15, 0.2) is 5.82 Å². The van der Waals surface area contributed by atoms with Crippen molar-refractivity contribution in [2.45, 2.75) is 6.61 Å². The molecule has 2 aromatic carbocycles. The molecule has 1 aromatic heterocycles. The van der Waals surface area contributed by atoms with Gasteiger partial charge in [-0.05, 0) is 37.6 Å². The lowest BCUT2D eigenvalue weighted by molar-refractivity contribution is -0.389. The van der Waals surface area contributed by atoms with Crippen molar-refractivity contribution in [1.82, 2.24) is 9.97 Å². The van der Waals surface area contributed by atoms with Crippen molar-refractivity contribution < 1.29 is 27.4 Å². The fourth-order valence-electron chi connectivity index (χ4n) is 2.84. The predicted molar refractivity (Wildman–Crippen MR) is 119 cm³/mol. The van der Waals surface area contributed by atoms with Crippen molar-refractivity contribution in [1.29, 1.82) is 0 Å². The molecule has 0 amide bonds. The van der Waals surface area contributed by atoms with Crippen molar-refractivity contribution in [3.63, 3.8) is 0 Å². The van der Waals surface area contributed by atoms with Gasteiger partial charge < -0.3 is 19.9 Å². The molecule has 0 aliphatic rings. The fraction of sp³-hybridized carbons (Fsp3) is 0.158. The zero-order valence-corrected chi connectivity index (χ0v) is 18.7.